The van der Waals surface area contributed by atoms with E-state index in [9.17, 15) is 9.59 Å². The van der Waals surface area contributed by atoms with Crippen molar-refractivity contribution >= 4 is 11.8 Å². The molecule has 0 amide bonds. The quantitative estimate of drug-likeness (QED) is 0.805. The zero-order valence-electron chi connectivity index (χ0n) is 8.43. The van der Waals surface area contributed by atoms with Gasteiger partial charge < -0.3 is 5.11 Å². The first-order valence-corrected chi connectivity index (χ1v) is 4.84. The lowest BCUT2D eigenvalue weighted by molar-refractivity contribution is -0.153. The van der Waals surface area contributed by atoms with Crippen LogP contribution >= 0.6 is 0 Å². The van der Waals surface area contributed by atoms with Gasteiger partial charge in [0.1, 0.15) is 11.2 Å². The Morgan fingerprint density at radius 1 is 1.31 bits per heavy atom. The molecule has 2 rings (SSSR count). The fourth-order valence-corrected chi connectivity index (χ4v) is 1.96. The van der Waals surface area contributed by atoms with E-state index in [0.717, 1.165) is 0 Å². The molecule has 1 aliphatic rings. The van der Waals surface area contributed by atoms with Gasteiger partial charge >= 0.3 is 5.97 Å². The summed E-state index contributed by atoms with van der Waals surface area (Å²) in [4.78, 5) is 22.2. The number of aliphatic carboxylic acids is 1. The van der Waals surface area contributed by atoms with Gasteiger partial charge in [0.05, 0.1) is 11.6 Å². The van der Waals surface area contributed by atoms with E-state index in [1.54, 1.807) is 24.3 Å². The van der Waals surface area contributed by atoms with Crippen molar-refractivity contribution in [2.24, 2.45) is 0 Å². The van der Waals surface area contributed by atoms with Crippen LogP contribution in [0.15, 0.2) is 24.3 Å². The van der Waals surface area contributed by atoms with Crippen LogP contribution in [0.2, 0.25) is 0 Å². The van der Waals surface area contributed by atoms with E-state index in [-0.39, 0.29) is 18.6 Å². The molecule has 1 aromatic rings. The molecule has 0 atom stereocenters. The summed E-state index contributed by atoms with van der Waals surface area (Å²) in [5, 5.41) is 17.8. The largest absolute Gasteiger partial charge is 0.481 e. The first-order chi connectivity index (χ1) is 7.58. The van der Waals surface area contributed by atoms with Gasteiger partial charge in [-0.3, -0.25) is 9.59 Å². The summed E-state index contributed by atoms with van der Waals surface area (Å²) in [7, 11) is 0. The van der Waals surface area contributed by atoms with Gasteiger partial charge in [0.2, 0.25) is 0 Å². The summed E-state index contributed by atoms with van der Waals surface area (Å²) in [6.45, 7) is 0. The highest BCUT2D eigenvalue weighted by molar-refractivity contribution is 6.01. The Hall–Kier alpha value is -2.15. The fourth-order valence-electron chi connectivity index (χ4n) is 1.96. The van der Waals surface area contributed by atoms with Crippen molar-refractivity contribution in [1.82, 2.24) is 0 Å². The average Bonchev–Trinajstić information content (AvgIpc) is 2.24. The monoisotopic (exact) mass is 215 g/mol. The molecule has 1 N–H and O–H groups in total. The predicted molar refractivity (Wildman–Crippen MR) is 54.7 cm³/mol. The molecule has 0 aromatic heterocycles. The van der Waals surface area contributed by atoms with Gasteiger partial charge in [0, 0.05) is 12.8 Å². The number of rotatable bonds is 2. The molecule has 0 aliphatic heterocycles. The maximum absolute atomic E-state index is 11.2. The van der Waals surface area contributed by atoms with Crippen molar-refractivity contribution in [2.45, 2.75) is 18.3 Å². The van der Waals surface area contributed by atoms with E-state index in [1.165, 1.54) is 0 Å². The Morgan fingerprint density at radius 3 is 2.25 bits per heavy atom. The molecule has 4 nitrogen and oxygen atoms in total. The lowest BCUT2D eigenvalue weighted by atomic mass is 9.63. The number of hydrogen-bond donors (Lipinski definition) is 1. The van der Waals surface area contributed by atoms with E-state index < -0.39 is 11.4 Å². The zero-order valence-corrected chi connectivity index (χ0v) is 8.43. The first kappa shape index (κ1) is 10.4. The predicted octanol–water partition coefficient (Wildman–Crippen LogP) is 1.24. The number of carbonyl (C=O) groups excluding carboxylic acids is 1. The molecular weight excluding hydrogens is 206 g/mol. The number of ketones is 1. The number of carbonyl (C=O) groups is 2. The topological polar surface area (TPSA) is 78.2 Å². The molecule has 1 fully saturated rings. The van der Waals surface area contributed by atoms with E-state index in [4.69, 9.17) is 10.4 Å². The lowest BCUT2D eigenvalue weighted by Crippen LogP contribution is -2.48. The van der Waals surface area contributed by atoms with Crippen LogP contribution in [0.4, 0.5) is 0 Å². The molecule has 16 heavy (non-hydrogen) atoms. The Labute approximate surface area is 92.1 Å². The normalized spacial score (nSPS) is 17.3. The number of carboxylic acids is 1. The summed E-state index contributed by atoms with van der Waals surface area (Å²) in [5.41, 5.74) is 0.0129. The summed E-state index contributed by atoms with van der Waals surface area (Å²) >= 11 is 0. The number of benzene rings is 1. The molecule has 80 valence electrons. The molecule has 1 aliphatic carbocycles. The second-order valence-corrected chi connectivity index (χ2v) is 3.97. The third-order valence-electron chi connectivity index (χ3n) is 2.97. The van der Waals surface area contributed by atoms with E-state index >= 15 is 0 Å². The Morgan fingerprint density at radius 2 is 1.88 bits per heavy atom. The number of Topliss-reactive ketones (excluding diaryl/α,β-unsaturated/α-hetero) is 1. The van der Waals surface area contributed by atoms with Gasteiger partial charge in [-0.25, -0.2) is 0 Å². The average molecular weight is 215 g/mol. The molecule has 0 spiro atoms. The highest BCUT2D eigenvalue weighted by Crippen LogP contribution is 2.41. The summed E-state index contributed by atoms with van der Waals surface area (Å²) < 4.78 is 0. The van der Waals surface area contributed by atoms with Crippen molar-refractivity contribution in [3.63, 3.8) is 0 Å². The minimum absolute atomic E-state index is 0.0354. The molecule has 1 aromatic carbocycles. The molecular formula is C12H9NO3. The number of hydrogen-bond acceptors (Lipinski definition) is 3. The van der Waals surface area contributed by atoms with Crippen molar-refractivity contribution in [2.75, 3.05) is 0 Å². The number of nitrogens with zero attached hydrogens (tertiary/aromatic N) is 1. The Bertz CT molecular complexity index is 488. The van der Waals surface area contributed by atoms with Gasteiger partial charge in [-0.15, -0.1) is 0 Å². The molecule has 0 saturated heterocycles. The van der Waals surface area contributed by atoms with E-state index in [1.807, 2.05) is 6.07 Å². The number of carboxylic acid groups (broad SMARTS) is 1. The minimum atomic E-state index is -1.06. The number of nitriles is 1. The van der Waals surface area contributed by atoms with Crippen LogP contribution in [0.3, 0.4) is 0 Å². The van der Waals surface area contributed by atoms with E-state index in [2.05, 4.69) is 0 Å². The van der Waals surface area contributed by atoms with Crippen LogP contribution in [0.5, 0.6) is 0 Å². The van der Waals surface area contributed by atoms with Crippen LogP contribution in [0.1, 0.15) is 24.0 Å². The highest BCUT2D eigenvalue weighted by atomic mass is 16.4. The van der Waals surface area contributed by atoms with Crippen molar-refractivity contribution in [1.29, 1.82) is 5.26 Å². The van der Waals surface area contributed by atoms with Crippen LogP contribution in [0, 0.1) is 11.3 Å². The SMILES string of the molecule is N#Cc1ccc(C2(C(=O)O)CC(=O)C2)cc1. The van der Waals surface area contributed by atoms with Gasteiger partial charge in [-0.2, -0.15) is 5.26 Å². The maximum atomic E-state index is 11.2. The molecule has 0 bridgehead atoms. The summed E-state index contributed by atoms with van der Waals surface area (Å²) in [6.07, 6.45) is 0.0997. The van der Waals surface area contributed by atoms with Crippen LogP contribution in [0.25, 0.3) is 0 Å². The van der Waals surface area contributed by atoms with E-state index in [0.29, 0.717) is 11.1 Å². The molecule has 0 radical (unpaired) electrons. The Kier molecular flexibility index (Phi) is 2.24. The third-order valence-corrected chi connectivity index (χ3v) is 2.97. The first-order valence-electron chi connectivity index (χ1n) is 4.84. The smallest absolute Gasteiger partial charge is 0.315 e. The molecule has 0 heterocycles. The summed E-state index contributed by atoms with van der Waals surface area (Å²) in [5.74, 6) is -1.01. The summed E-state index contributed by atoms with van der Waals surface area (Å²) in [6, 6.07) is 8.33. The fraction of sp³-hybridized carbons (Fsp3) is 0.250. The van der Waals surface area contributed by atoms with Crippen molar-refractivity contribution in [3.8, 4) is 6.07 Å². The molecule has 0 unspecified atom stereocenters. The van der Waals surface area contributed by atoms with Crippen molar-refractivity contribution < 1.29 is 14.7 Å². The Balaban J connectivity index is 2.38. The second-order valence-electron chi connectivity index (χ2n) is 3.97. The zero-order chi connectivity index (χ0) is 11.8. The van der Waals surface area contributed by atoms with Gasteiger partial charge in [0.15, 0.2) is 0 Å². The van der Waals surface area contributed by atoms with Crippen LogP contribution < -0.4 is 0 Å². The van der Waals surface area contributed by atoms with Gasteiger partial charge in [0.25, 0.3) is 0 Å². The van der Waals surface area contributed by atoms with Gasteiger partial charge in [-0.05, 0) is 17.7 Å². The lowest BCUT2D eigenvalue weighted by Gasteiger charge is -2.36. The molecule has 4 heteroatoms. The van der Waals surface area contributed by atoms with Gasteiger partial charge in [-0.1, -0.05) is 12.1 Å². The maximum Gasteiger partial charge on any atom is 0.315 e. The van der Waals surface area contributed by atoms with Crippen molar-refractivity contribution in [3.05, 3.63) is 35.4 Å². The van der Waals surface area contributed by atoms with Crippen LogP contribution in [-0.2, 0) is 15.0 Å². The minimum Gasteiger partial charge on any atom is -0.481 e. The molecule has 1 saturated carbocycles. The second kappa shape index (κ2) is 3.46. The highest BCUT2D eigenvalue weighted by Gasteiger charge is 2.51. The third kappa shape index (κ3) is 1.38. The van der Waals surface area contributed by atoms with Crippen LogP contribution in [-0.4, -0.2) is 16.9 Å². The standard InChI is InChI=1S/C12H9NO3/c13-7-8-1-3-9(4-2-8)12(11(15)16)5-10(14)6-12/h1-4H,5-6H2,(H,15,16).